The summed E-state index contributed by atoms with van der Waals surface area (Å²) in [5.41, 5.74) is 8.85. The number of nitrogens with zero attached hydrogens (tertiary/aromatic N) is 1. The number of nitrogens with one attached hydrogen (secondary N) is 3. The maximum absolute atomic E-state index is 12.5. The minimum Gasteiger partial charge on any atom is -0.369 e. The van der Waals surface area contributed by atoms with Gasteiger partial charge in [0.25, 0.3) is 11.8 Å². The highest BCUT2D eigenvalue weighted by Crippen LogP contribution is 2.20. The molecule has 4 rings (SSSR count). The molecule has 1 aromatic heterocycles. The summed E-state index contributed by atoms with van der Waals surface area (Å²) in [6.45, 7) is 1.11. The lowest BCUT2D eigenvalue weighted by atomic mass is 10.1. The van der Waals surface area contributed by atoms with Crippen LogP contribution in [0.15, 0.2) is 60.7 Å². The van der Waals surface area contributed by atoms with Crippen molar-refractivity contribution >= 4 is 29.2 Å². The third-order valence-corrected chi connectivity index (χ3v) is 4.97. The average molecular weight is 415 g/mol. The first kappa shape index (κ1) is 20.1. The van der Waals surface area contributed by atoms with E-state index in [2.05, 4.69) is 20.9 Å². The van der Waals surface area contributed by atoms with Gasteiger partial charge in [-0.1, -0.05) is 18.2 Å². The number of hydrogen-bond acceptors (Lipinski definition) is 5. The molecule has 8 nitrogen and oxygen atoms in total. The third kappa shape index (κ3) is 4.69. The number of anilines is 2. The Labute approximate surface area is 178 Å². The highest BCUT2D eigenvalue weighted by molar-refractivity contribution is 6.03. The van der Waals surface area contributed by atoms with Gasteiger partial charge in [-0.15, -0.1) is 0 Å². The molecule has 0 bridgehead atoms. The van der Waals surface area contributed by atoms with Crippen molar-refractivity contribution in [3.05, 3.63) is 88.6 Å². The zero-order valence-corrected chi connectivity index (χ0v) is 16.6. The van der Waals surface area contributed by atoms with Gasteiger partial charge in [0.05, 0.1) is 0 Å². The monoisotopic (exact) mass is 415 g/mol. The lowest BCUT2D eigenvalue weighted by Gasteiger charge is -2.09. The summed E-state index contributed by atoms with van der Waals surface area (Å²) in [4.78, 5) is 40.4. The van der Waals surface area contributed by atoms with Crippen molar-refractivity contribution in [3.63, 3.8) is 0 Å². The number of rotatable bonds is 6. The van der Waals surface area contributed by atoms with Gasteiger partial charge < -0.3 is 21.7 Å². The second-order valence-electron chi connectivity index (χ2n) is 7.16. The van der Waals surface area contributed by atoms with E-state index in [1.807, 2.05) is 12.1 Å². The molecular formula is C23H21N5O3. The van der Waals surface area contributed by atoms with Crippen LogP contribution < -0.4 is 21.7 Å². The smallest absolute Gasteiger partial charge is 0.274 e. The highest BCUT2D eigenvalue weighted by Gasteiger charge is 2.15. The quantitative estimate of drug-likeness (QED) is 0.492. The summed E-state index contributed by atoms with van der Waals surface area (Å²) in [5, 5.41) is 8.82. The molecule has 8 heteroatoms. The second kappa shape index (κ2) is 8.66. The van der Waals surface area contributed by atoms with Crippen LogP contribution >= 0.6 is 0 Å². The molecular weight excluding hydrogens is 394 g/mol. The van der Waals surface area contributed by atoms with E-state index in [9.17, 15) is 14.4 Å². The minimum atomic E-state index is -0.544. The van der Waals surface area contributed by atoms with Gasteiger partial charge in [0.2, 0.25) is 5.91 Å². The number of pyridine rings is 1. The van der Waals surface area contributed by atoms with E-state index in [0.717, 1.165) is 29.9 Å². The molecule has 31 heavy (non-hydrogen) atoms. The Morgan fingerprint density at radius 2 is 1.74 bits per heavy atom. The number of primary amides is 1. The largest absolute Gasteiger partial charge is 0.369 e. The minimum absolute atomic E-state index is 0.278. The van der Waals surface area contributed by atoms with Crippen LogP contribution in [0.3, 0.4) is 0 Å². The predicted molar refractivity (Wildman–Crippen MR) is 117 cm³/mol. The fourth-order valence-electron chi connectivity index (χ4n) is 3.31. The standard InChI is InChI=1S/C23H21N5O3/c24-20(29)15-4-6-17(7-5-15)22(30)26-13-14-2-1-3-18(12-14)27-23(31)19-9-8-16-10-11-25-21(16)28-19/h1-9,12H,10-11,13H2,(H2,24,29)(H,25,28)(H,26,30)(H,27,31). The summed E-state index contributed by atoms with van der Waals surface area (Å²) >= 11 is 0. The summed E-state index contributed by atoms with van der Waals surface area (Å²) < 4.78 is 0. The fourth-order valence-corrected chi connectivity index (χ4v) is 3.31. The molecule has 3 amide bonds. The van der Waals surface area contributed by atoms with Gasteiger partial charge in [-0.25, -0.2) is 4.98 Å². The van der Waals surface area contributed by atoms with Crippen LogP contribution in [0.25, 0.3) is 0 Å². The zero-order valence-electron chi connectivity index (χ0n) is 16.6. The van der Waals surface area contributed by atoms with Crippen LogP contribution in [0.4, 0.5) is 11.5 Å². The molecule has 0 fully saturated rings. The fraction of sp³-hybridized carbons (Fsp3) is 0.130. The molecule has 1 aliphatic heterocycles. The van der Waals surface area contributed by atoms with Crippen molar-refractivity contribution in [2.24, 2.45) is 5.73 Å². The first-order valence-electron chi connectivity index (χ1n) is 9.82. The summed E-state index contributed by atoms with van der Waals surface area (Å²) in [7, 11) is 0. The molecule has 0 aliphatic carbocycles. The van der Waals surface area contributed by atoms with E-state index in [1.165, 1.54) is 12.1 Å². The van der Waals surface area contributed by atoms with Crippen molar-refractivity contribution in [1.82, 2.24) is 10.3 Å². The van der Waals surface area contributed by atoms with Gasteiger partial charge in [0.15, 0.2) is 0 Å². The van der Waals surface area contributed by atoms with Gasteiger partial charge in [-0.05, 0) is 60.0 Å². The SMILES string of the molecule is NC(=O)c1ccc(C(=O)NCc2cccc(NC(=O)c3ccc4c(n3)NCC4)c2)cc1. The van der Waals surface area contributed by atoms with Crippen LogP contribution in [0.5, 0.6) is 0 Å². The number of nitrogens with two attached hydrogens (primary N) is 1. The molecule has 1 aliphatic rings. The molecule has 0 unspecified atom stereocenters. The Bertz CT molecular complexity index is 1160. The van der Waals surface area contributed by atoms with Crippen molar-refractivity contribution in [3.8, 4) is 0 Å². The Hall–Kier alpha value is -4.20. The molecule has 2 heterocycles. The van der Waals surface area contributed by atoms with E-state index in [-0.39, 0.29) is 18.4 Å². The van der Waals surface area contributed by atoms with Crippen molar-refractivity contribution in [2.75, 3.05) is 17.2 Å². The van der Waals surface area contributed by atoms with E-state index in [4.69, 9.17) is 5.73 Å². The molecule has 0 saturated heterocycles. The van der Waals surface area contributed by atoms with Gasteiger partial charge in [0, 0.05) is 29.9 Å². The number of carbonyl (C=O) groups is 3. The van der Waals surface area contributed by atoms with Crippen LogP contribution in [0.2, 0.25) is 0 Å². The Balaban J connectivity index is 1.37. The first-order chi connectivity index (χ1) is 15.0. The highest BCUT2D eigenvalue weighted by atomic mass is 16.2. The van der Waals surface area contributed by atoms with E-state index < -0.39 is 5.91 Å². The summed E-state index contributed by atoms with van der Waals surface area (Å²) in [5.74, 6) is -0.363. The van der Waals surface area contributed by atoms with Crippen LogP contribution in [-0.2, 0) is 13.0 Å². The number of carbonyl (C=O) groups excluding carboxylic acids is 3. The molecule has 0 saturated carbocycles. The van der Waals surface area contributed by atoms with Crippen molar-refractivity contribution < 1.29 is 14.4 Å². The number of benzene rings is 2. The van der Waals surface area contributed by atoms with Gasteiger partial charge in [-0.2, -0.15) is 0 Å². The predicted octanol–water partition coefficient (Wildman–Crippen LogP) is 2.33. The van der Waals surface area contributed by atoms with E-state index in [1.54, 1.807) is 36.4 Å². The van der Waals surface area contributed by atoms with Gasteiger partial charge in [0.1, 0.15) is 11.5 Å². The second-order valence-corrected chi connectivity index (χ2v) is 7.16. The van der Waals surface area contributed by atoms with Crippen molar-refractivity contribution in [2.45, 2.75) is 13.0 Å². The lowest BCUT2D eigenvalue weighted by Crippen LogP contribution is -2.23. The first-order valence-corrected chi connectivity index (χ1v) is 9.82. The van der Waals surface area contributed by atoms with E-state index >= 15 is 0 Å². The Morgan fingerprint density at radius 3 is 2.52 bits per heavy atom. The van der Waals surface area contributed by atoms with E-state index in [0.29, 0.717) is 22.5 Å². The topological polar surface area (TPSA) is 126 Å². The maximum Gasteiger partial charge on any atom is 0.274 e. The average Bonchev–Trinajstić information content (AvgIpc) is 3.25. The zero-order chi connectivity index (χ0) is 21.8. The molecule has 156 valence electrons. The maximum atomic E-state index is 12.5. The Morgan fingerprint density at radius 1 is 0.968 bits per heavy atom. The third-order valence-electron chi connectivity index (χ3n) is 4.97. The van der Waals surface area contributed by atoms with Crippen LogP contribution in [0.1, 0.15) is 42.3 Å². The molecule has 0 atom stereocenters. The summed E-state index contributed by atoms with van der Waals surface area (Å²) in [6, 6.07) is 17.0. The molecule has 3 aromatic rings. The Kier molecular flexibility index (Phi) is 5.61. The summed E-state index contributed by atoms with van der Waals surface area (Å²) in [6.07, 6.45) is 0.910. The number of amides is 3. The number of hydrogen-bond donors (Lipinski definition) is 4. The number of fused-ring (bicyclic) bond motifs is 1. The van der Waals surface area contributed by atoms with Crippen LogP contribution in [-0.4, -0.2) is 29.3 Å². The molecule has 5 N–H and O–H groups in total. The molecule has 0 spiro atoms. The molecule has 0 radical (unpaired) electrons. The number of aromatic nitrogens is 1. The van der Waals surface area contributed by atoms with Crippen LogP contribution in [0, 0.1) is 0 Å². The van der Waals surface area contributed by atoms with Gasteiger partial charge >= 0.3 is 0 Å². The molecule has 2 aromatic carbocycles. The van der Waals surface area contributed by atoms with Crippen molar-refractivity contribution in [1.29, 1.82) is 0 Å². The van der Waals surface area contributed by atoms with Gasteiger partial charge in [-0.3, -0.25) is 14.4 Å². The lowest BCUT2D eigenvalue weighted by molar-refractivity contribution is 0.0947. The normalized spacial score (nSPS) is 11.9.